The summed E-state index contributed by atoms with van der Waals surface area (Å²) in [7, 11) is 0. The maximum Gasteiger partial charge on any atom is 0.142 e. The average molecular weight is 255 g/mol. The standard InChI is InChI=1S/C13H9ClF2O/c14-12-10(5-2-6-11(12)16)13(17)8-3-1-4-9(15)7-8/h1-7,13,17H. The van der Waals surface area contributed by atoms with Crippen molar-refractivity contribution >= 4 is 11.6 Å². The first-order valence-corrected chi connectivity index (χ1v) is 5.35. The molecule has 0 radical (unpaired) electrons. The number of halogens is 3. The molecule has 17 heavy (non-hydrogen) atoms. The third-order valence-electron chi connectivity index (χ3n) is 2.44. The summed E-state index contributed by atoms with van der Waals surface area (Å²) in [4.78, 5) is 0. The van der Waals surface area contributed by atoms with Crippen molar-refractivity contribution in [3.05, 3.63) is 70.2 Å². The Morgan fingerprint density at radius 1 is 1.06 bits per heavy atom. The van der Waals surface area contributed by atoms with Crippen molar-refractivity contribution in [2.24, 2.45) is 0 Å². The number of hydrogen-bond acceptors (Lipinski definition) is 1. The summed E-state index contributed by atoms with van der Waals surface area (Å²) in [6.45, 7) is 0. The van der Waals surface area contributed by atoms with Gasteiger partial charge in [-0.3, -0.25) is 0 Å². The molecule has 0 fully saturated rings. The Balaban J connectivity index is 2.44. The minimum absolute atomic E-state index is 0.149. The van der Waals surface area contributed by atoms with Crippen molar-refractivity contribution in [3.63, 3.8) is 0 Å². The van der Waals surface area contributed by atoms with Gasteiger partial charge in [-0.2, -0.15) is 0 Å². The lowest BCUT2D eigenvalue weighted by atomic mass is 10.0. The molecule has 0 saturated heterocycles. The molecule has 0 aliphatic rings. The van der Waals surface area contributed by atoms with E-state index < -0.39 is 17.7 Å². The number of rotatable bonds is 2. The minimum Gasteiger partial charge on any atom is -0.384 e. The van der Waals surface area contributed by atoms with Gasteiger partial charge >= 0.3 is 0 Å². The molecule has 1 unspecified atom stereocenters. The van der Waals surface area contributed by atoms with Gasteiger partial charge in [0.2, 0.25) is 0 Å². The fourth-order valence-corrected chi connectivity index (χ4v) is 1.82. The molecule has 2 aromatic carbocycles. The van der Waals surface area contributed by atoms with Gasteiger partial charge in [0.05, 0.1) is 5.02 Å². The van der Waals surface area contributed by atoms with Crippen LogP contribution >= 0.6 is 11.6 Å². The van der Waals surface area contributed by atoms with E-state index in [1.165, 1.54) is 36.4 Å². The second-order valence-corrected chi connectivity index (χ2v) is 3.98. The highest BCUT2D eigenvalue weighted by Gasteiger charge is 2.16. The van der Waals surface area contributed by atoms with Crippen molar-refractivity contribution in [2.75, 3.05) is 0 Å². The summed E-state index contributed by atoms with van der Waals surface area (Å²) >= 11 is 5.75. The molecule has 2 aromatic rings. The molecule has 1 atom stereocenters. The summed E-state index contributed by atoms with van der Waals surface area (Å²) in [6.07, 6.45) is -1.14. The predicted octanol–water partition coefficient (Wildman–Crippen LogP) is 3.70. The summed E-state index contributed by atoms with van der Waals surface area (Å²) < 4.78 is 26.2. The van der Waals surface area contributed by atoms with Gasteiger partial charge in [-0.1, -0.05) is 35.9 Å². The first-order valence-electron chi connectivity index (χ1n) is 4.97. The monoisotopic (exact) mass is 254 g/mol. The minimum atomic E-state index is -1.14. The van der Waals surface area contributed by atoms with Gasteiger partial charge in [-0.25, -0.2) is 8.78 Å². The van der Waals surface area contributed by atoms with Crippen LogP contribution in [-0.2, 0) is 0 Å². The van der Waals surface area contributed by atoms with Crippen LogP contribution in [0.4, 0.5) is 8.78 Å². The van der Waals surface area contributed by atoms with Gasteiger partial charge in [0.15, 0.2) is 0 Å². The van der Waals surface area contributed by atoms with Crippen LogP contribution in [0.3, 0.4) is 0 Å². The second kappa shape index (κ2) is 4.82. The van der Waals surface area contributed by atoms with Crippen molar-refractivity contribution in [2.45, 2.75) is 6.10 Å². The van der Waals surface area contributed by atoms with Crippen molar-refractivity contribution in [1.82, 2.24) is 0 Å². The van der Waals surface area contributed by atoms with Crippen LogP contribution in [0.25, 0.3) is 0 Å². The third-order valence-corrected chi connectivity index (χ3v) is 2.84. The molecule has 88 valence electrons. The summed E-state index contributed by atoms with van der Waals surface area (Å²) in [6, 6.07) is 9.62. The van der Waals surface area contributed by atoms with E-state index in [1.54, 1.807) is 6.07 Å². The zero-order valence-electron chi connectivity index (χ0n) is 8.70. The van der Waals surface area contributed by atoms with Crippen molar-refractivity contribution in [3.8, 4) is 0 Å². The topological polar surface area (TPSA) is 20.2 Å². The van der Waals surface area contributed by atoms with Gasteiger partial charge in [0.25, 0.3) is 0 Å². The maximum atomic E-state index is 13.2. The van der Waals surface area contributed by atoms with Crippen LogP contribution in [0, 0.1) is 11.6 Å². The Hall–Kier alpha value is -1.45. The molecule has 4 heteroatoms. The fraction of sp³-hybridized carbons (Fsp3) is 0.0769. The Kier molecular flexibility index (Phi) is 3.41. The molecule has 0 saturated carbocycles. The van der Waals surface area contributed by atoms with E-state index in [4.69, 9.17) is 11.6 Å². The molecular weight excluding hydrogens is 246 g/mol. The van der Waals surface area contributed by atoms with Crippen LogP contribution in [-0.4, -0.2) is 5.11 Å². The van der Waals surface area contributed by atoms with Crippen LogP contribution in [0.2, 0.25) is 5.02 Å². The lowest BCUT2D eigenvalue weighted by Crippen LogP contribution is -2.01. The quantitative estimate of drug-likeness (QED) is 0.866. The van der Waals surface area contributed by atoms with E-state index >= 15 is 0 Å². The molecule has 1 nitrogen and oxygen atoms in total. The van der Waals surface area contributed by atoms with Crippen LogP contribution in [0.5, 0.6) is 0 Å². The van der Waals surface area contributed by atoms with Crippen molar-refractivity contribution < 1.29 is 13.9 Å². The normalized spacial score (nSPS) is 12.5. The van der Waals surface area contributed by atoms with Gasteiger partial charge in [-0.15, -0.1) is 0 Å². The maximum absolute atomic E-state index is 13.2. The molecular formula is C13H9ClF2O. The lowest BCUT2D eigenvalue weighted by molar-refractivity contribution is 0.219. The number of benzene rings is 2. The van der Waals surface area contributed by atoms with E-state index in [2.05, 4.69) is 0 Å². The molecule has 0 amide bonds. The summed E-state index contributed by atoms with van der Waals surface area (Å²) in [5.74, 6) is -1.08. The predicted molar refractivity (Wildman–Crippen MR) is 61.9 cm³/mol. The summed E-state index contributed by atoms with van der Waals surface area (Å²) in [5, 5.41) is 9.85. The van der Waals surface area contributed by atoms with Gasteiger partial charge < -0.3 is 5.11 Å². The van der Waals surface area contributed by atoms with Crippen LogP contribution < -0.4 is 0 Å². The molecule has 0 spiro atoms. The van der Waals surface area contributed by atoms with E-state index in [0.717, 1.165) is 0 Å². The molecule has 0 aliphatic heterocycles. The van der Waals surface area contributed by atoms with Gasteiger partial charge in [0.1, 0.15) is 17.7 Å². The Morgan fingerprint density at radius 3 is 2.47 bits per heavy atom. The first-order chi connectivity index (χ1) is 8.09. The highest BCUT2D eigenvalue weighted by atomic mass is 35.5. The number of aliphatic hydroxyl groups excluding tert-OH is 1. The van der Waals surface area contributed by atoms with Gasteiger partial charge in [-0.05, 0) is 23.8 Å². The second-order valence-electron chi connectivity index (χ2n) is 3.60. The third kappa shape index (κ3) is 2.46. The Morgan fingerprint density at radius 2 is 1.76 bits per heavy atom. The average Bonchev–Trinajstić information content (AvgIpc) is 2.32. The fourth-order valence-electron chi connectivity index (χ4n) is 1.59. The van der Waals surface area contributed by atoms with Crippen molar-refractivity contribution in [1.29, 1.82) is 0 Å². The van der Waals surface area contributed by atoms with Gasteiger partial charge in [0, 0.05) is 5.56 Å². The molecule has 0 heterocycles. The molecule has 2 rings (SSSR count). The molecule has 0 bridgehead atoms. The highest BCUT2D eigenvalue weighted by Crippen LogP contribution is 2.30. The molecule has 0 aliphatic carbocycles. The zero-order chi connectivity index (χ0) is 12.4. The van der Waals surface area contributed by atoms with Crippen LogP contribution in [0.1, 0.15) is 17.2 Å². The number of hydrogen-bond donors (Lipinski definition) is 1. The van der Waals surface area contributed by atoms with Crippen LogP contribution in [0.15, 0.2) is 42.5 Å². The Labute approximate surface area is 102 Å². The number of aliphatic hydroxyl groups is 1. The van der Waals surface area contributed by atoms with E-state index in [1.807, 2.05) is 0 Å². The van der Waals surface area contributed by atoms with E-state index in [0.29, 0.717) is 5.56 Å². The molecule has 0 aromatic heterocycles. The molecule has 1 N–H and O–H groups in total. The lowest BCUT2D eigenvalue weighted by Gasteiger charge is -2.13. The SMILES string of the molecule is OC(c1cccc(F)c1)c1cccc(F)c1Cl. The smallest absolute Gasteiger partial charge is 0.142 e. The van der Waals surface area contributed by atoms with E-state index in [9.17, 15) is 13.9 Å². The largest absolute Gasteiger partial charge is 0.384 e. The first kappa shape index (κ1) is 12.0. The summed E-state index contributed by atoms with van der Waals surface area (Å²) in [5.41, 5.74) is 0.551. The highest BCUT2D eigenvalue weighted by molar-refractivity contribution is 6.31. The zero-order valence-corrected chi connectivity index (χ0v) is 9.46. The van der Waals surface area contributed by atoms with E-state index in [-0.39, 0.29) is 10.6 Å². The Bertz CT molecular complexity index is 543.